The van der Waals surface area contributed by atoms with Crippen molar-refractivity contribution in [3.05, 3.63) is 47.9 Å². The Hall–Kier alpha value is -2.42. The van der Waals surface area contributed by atoms with Crippen LogP contribution in [0.25, 0.3) is 0 Å². The van der Waals surface area contributed by atoms with E-state index < -0.39 is 5.60 Å². The lowest BCUT2D eigenvalue weighted by atomic mass is 10.0. The van der Waals surface area contributed by atoms with Crippen molar-refractivity contribution in [3.8, 4) is 11.5 Å². The monoisotopic (exact) mass is 432 g/mol. The summed E-state index contributed by atoms with van der Waals surface area (Å²) >= 11 is 0. The van der Waals surface area contributed by atoms with Crippen LogP contribution in [0.5, 0.6) is 11.5 Å². The molecule has 0 bridgehead atoms. The highest BCUT2D eigenvalue weighted by Crippen LogP contribution is 2.30. The lowest BCUT2D eigenvalue weighted by Gasteiger charge is -2.29. The number of nitrogens with zero attached hydrogens (tertiary/aromatic N) is 4. The maximum absolute atomic E-state index is 13.1. The molecule has 7 nitrogen and oxygen atoms in total. The minimum atomic E-state index is -0.843. The lowest BCUT2D eigenvalue weighted by molar-refractivity contribution is 0.0279. The number of methoxy groups -OCH3 is 1. The molecule has 1 saturated heterocycles. The molecule has 1 N–H and O–H groups in total. The predicted octanol–water partition coefficient (Wildman–Crippen LogP) is 2.24. The predicted molar refractivity (Wildman–Crippen MR) is 119 cm³/mol. The van der Waals surface area contributed by atoms with Crippen LogP contribution in [0.4, 0.5) is 10.2 Å². The van der Waals surface area contributed by atoms with E-state index in [0.717, 1.165) is 17.9 Å². The van der Waals surface area contributed by atoms with Gasteiger partial charge in [0.1, 0.15) is 18.2 Å². The zero-order valence-electron chi connectivity index (χ0n) is 18.8. The second-order valence-electron chi connectivity index (χ2n) is 8.54. The van der Waals surface area contributed by atoms with Crippen LogP contribution in [-0.2, 0) is 6.54 Å². The van der Waals surface area contributed by atoms with E-state index >= 15 is 0 Å². The van der Waals surface area contributed by atoms with Gasteiger partial charge in [-0.25, -0.2) is 9.37 Å². The van der Waals surface area contributed by atoms with Gasteiger partial charge >= 0.3 is 0 Å². The number of ether oxygens (including phenoxy) is 2. The first-order valence-corrected chi connectivity index (χ1v) is 10.5. The summed E-state index contributed by atoms with van der Waals surface area (Å²) < 4.78 is 24.5. The van der Waals surface area contributed by atoms with Crippen molar-refractivity contribution >= 4 is 5.82 Å². The molecule has 31 heavy (non-hydrogen) atoms. The van der Waals surface area contributed by atoms with Gasteiger partial charge in [0.05, 0.1) is 18.9 Å². The molecule has 1 unspecified atom stereocenters. The summed E-state index contributed by atoms with van der Waals surface area (Å²) in [7, 11) is 7.64. The first kappa shape index (κ1) is 23.2. The van der Waals surface area contributed by atoms with E-state index in [1.54, 1.807) is 13.2 Å². The number of rotatable bonds is 10. The average molecular weight is 433 g/mol. The summed E-state index contributed by atoms with van der Waals surface area (Å²) in [5.41, 5.74) is 0.238. The van der Waals surface area contributed by atoms with Crippen molar-refractivity contribution in [1.29, 1.82) is 0 Å². The van der Waals surface area contributed by atoms with Crippen LogP contribution in [0.15, 0.2) is 36.5 Å². The maximum atomic E-state index is 13.1. The summed E-state index contributed by atoms with van der Waals surface area (Å²) in [4.78, 5) is 10.3. The molecular weight excluding hydrogens is 399 g/mol. The molecule has 0 spiro atoms. The van der Waals surface area contributed by atoms with Crippen LogP contribution < -0.4 is 14.4 Å². The summed E-state index contributed by atoms with van der Waals surface area (Å²) in [5.74, 6) is 1.77. The highest BCUT2D eigenvalue weighted by Gasteiger charge is 2.37. The van der Waals surface area contributed by atoms with Crippen molar-refractivity contribution in [1.82, 2.24) is 14.8 Å². The van der Waals surface area contributed by atoms with E-state index in [4.69, 9.17) is 9.47 Å². The molecule has 1 aliphatic heterocycles. The third kappa shape index (κ3) is 6.53. The fraction of sp³-hybridized carbons (Fsp3) is 0.522. The Morgan fingerprint density at radius 3 is 2.68 bits per heavy atom. The van der Waals surface area contributed by atoms with Crippen LogP contribution in [0.3, 0.4) is 0 Å². The minimum absolute atomic E-state index is 0.359. The third-order valence-electron chi connectivity index (χ3n) is 5.41. The summed E-state index contributed by atoms with van der Waals surface area (Å²) in [6.07, 6.45) is 1.85. The van der Waals surface area contributed by atoms with Crippen LogP contribution in [0.2, 0.25) is 0 Å². The highest BCUT2D eigenvalue weighted by atomic mass is 19.1. The quantitative estimate of drug-likeness (QED) is 0.618. The van der Waals surface area contributed by atoms with E-state index in [-0.39, 0.29) is 5.82 Å². The SMILES string of the molecule is COc1cc(CN(C)CC2(O)CCN(c3ccc(F)cn3)C2)ccc1OCCN(C)C. The molecule has 1 aromatic heterocycles. The molecule has 170 valence electrons. The largest absolute Gasteiger partial charge is 0.493 e. The third-order valence-corrected chi connectivity index (χ3v) is 5.41. The topological polar surface area (TPSA) is 61.3 Å². The van der Waals surface area contributed by atoms with Crippen LogP contribution in [0.1, 0.15) is 12.0 Å². The van der Waals surface area contributed by atoms with Crippen molar-refractivity contribution in [2.75, 3.05) is 65.9 Å². The number of anilines is 1. The van der Waals surface area contributed by atoms with Gasteiger partial charge in [0, 0.05) is 32.7 Å². The number of hydrogen-bond donors (Lipinski definition) is 1. The number of pyridine rings is 1. The Balaban J connectivity index is 1.56. The Bertz CT molecular complexity index is 849. The summed E-state index contributed by atoms with van der Waals surface area (Å²) in [6.45, 7) is 3.78. The van der Waals surface area contributed by atoms with E-state index in [9.17, 15) is 9.50 Å². The molecular formula is C23H33FN4O3. The second-order valence-corrected chi connectivity index (χ2v) is 8.54. The molecule has 2 aromatic rings. The van der Waals surface area contributed by atoms with Gasteiger partial charge < -0.3 is 24.4 Å². The molecule has 1 atom stereocenters. The van der Waals surface area contributed by atoms with E-state index in [1.807, 2.05) is 44.2 Å². The molecule has 8 heteroatoms. The molecule has 1 aliphatic rings. The molecule has 1 aromatic carbocycles. The van der Waals surface area contributed by atoms with Gasteiger partial charge in [-0.05, 0) is 57.4 Å². The zero-order chi connectivity index (χ0) is 22.4. The van der Waals surface area contributed by atoms with Crippen molar-refractivity contribution in [2.24, 2.45) is 0 Å². The fourth-order valence-electron chi connectivity index (χ4n) is 3.87. The van der Waals surface area contributed by atoms with Gasteiger partial charge in [-0.2, -0.15) is 0 Å². The molecule has 3 rings (SSSR count). The highest BCUT2D eigenvalue weighted by molar-refractivity contribution is 5.43. The van der Waals surface area contributed by atoms with E-state index in [1.165, 1.54) is 12.3 Å². The number of hydrogen-bond acceptors (Lipinski definition) is 7. The van der Waals surface area contributed by atoms with Crippen LogP contribution >= 0.6 is 0 Å². The molecule has 2 heterocycles. The Morgan fingerprint density at radius 2 is 2.00 bits per heavy atom. The Kier molecular flexibility index (Phi) is 7.69. The Labute approximate surface area is 184 Å². The molecule has 0 saturated carbocycles. The van der Waals surface area contributed by atoms with Crippen molar-refractivity contribution in [2.45, 2.75) is 18.6 Å². The van der Waals surface area contributed by atoms with Gasteiger partial charge in [0.25, 0.3) is 0 Å². The number of likely N-dealkylation sites (N-methyl/N-ethyl adjacent to an activating group) is 2. The molecule has 0 radical (unpaired) electrons. The first-order valence-electron chi connectivity index (χ1n) is 10.5. The smallest absolute Gasteiger partial charge is 0.161 e. The standard InChI is InChI=1S/C23H33FN4O3/c1-26(2)11-12-31-20-7-5-18(13-21(20)30-4)15-27(3)16-23(29)9-10-28(17-23)22-8-6-19(24)14-25-22/h5-8,13-14,29H,9-12,15-17H2,1-4H3. The number of β-amino-alcohol motifs (C(OH)–C–C–N with tert-alkyl or cyclic N) is 1. The van der Waals surface area contributed by atoms with Crippen molar-refractivity contribution in [3.63, 3.8) is 0 Å². The lowest BCUT2D eigenvalue weighted by Crippen LogP contribution is -2.43. The minimum Gasteiger partial charge on any atom is -0.493 e. The molecule has 0 amide bonds. The van der Waals surface area contributed by atoms with Crippen LogP contribution in [-0.4, -0.2) is 86.5 Å². The molecule has 0 aliphatic carbocycles. The summed E-state index contributed by atoms with van der Waals surface area (Å²) in [6, 6.07) is 8.99. The number of halogens is 1. The van der Waals surface area contributed by atoms with E-state index in [0.29, 0.717) is 50.8 Å². The van der Waals surface area contributed by atoms with E-state index in [2.05, 4.69) is 14.8 Å². The maximum Gasteiger partial charge on any atom is 0.161 e. The molecule has 1 fully saturated rings. The van der Waals surface area contributed by atoms with Gasteiger partial charge in [0.2, 0.25) is 0 Å². The number of aliphatic hydroxyl groups is 1. The normalized spacial score (nSPS) is 18.8. The van der Waals surface area contributed by atoms with Gasteiger partial charge in [-0.3, -0.25) is 4.90 Å². The van der Waals surface area contributed by atoms with Crippen LogP contribution in [0, 0.1) is 5.82 Å². The van der Waals surface area contributed by atoms with Gasteiger partial charge in [0.15, 0.2) is 11.5 Å². The summed E-state index contributed by atoms with van der Waals surface area (Å²) in [5, 5.41) is 11.1. The average Bonchev–Trinajstić information content (AvgIpc) is 3.10. The van der Waals surface area contributed by atoms with Gasteiger partial charge in [-0.1, -0.05) is 6.07 Å². The number of aromatic nitrogens is 1. The zero-order valence-corrected chi connectivity index (χ0v) is 18.8. The van der Waals surface area contributed by atoms with Crippen molar-refractivity contribution < 1.29 is 19.0 Å². The first-order chi connectivity index (χ1) is 14.8. The Morgan fingerprint density at radius 1 is 1.19 bits per heavy atom. The van der Waals surface area contributed by atoms with Gasteiger partial charge in [-0.15, -0.1) is 0 Å². The fourth-order valence-corrected chi connectivity index (χ4v) is 3.87. The second kappa shape index (κ2) is 10.3. The number of benzene rings is 1.